The third-order valence-corrected chi connectivity index (χ3v) is 4.37. The molecule has 2 fully saturated rings. The SMILES string of the molecule is CCOC(=O)N1CC(N2CCNCC2)CCC1(C)C. The quantitative estimate of drug-likeness (QED) is 0.820. The Bertz CT molecular complexity index is 314. The number of carbonyl (C=O) groups is 1. The molecule has 5 nitrogen and oxygen atoms in total. The molecule has 0 saturated carbocycles. The van der Waals surface area contributed by atoms with Gasteiger partial charge in [0, 0.05) is 44.3 Å². The average Bonchev–Trinajstić information content (AvgIpc) is 2.39. The van der Waals surface area contributed by atoms with Crippen LogP contribution in [0.3, 0.4) is 0 Å². The molecule has 5 heteroatoms. The second kappa shape index (κ2) is 6.09. The van der Waals surface area contributed by atoms with Crippen LogP contribution in [0.15, 0.2) is 0 Å². The molecule has 110 valence electrons. The van der Waals surface area contributed by atoms with Crippen molar-refractivity contribution in [3.05, 3.63) is 0 Å². The minimum absolute atomic E-state index is 0.0865. The Hall–Kier alpha value is -0.810. The van der Waals surface area contributed by atoms with E-state index in [1.54, 1.807) is 0 Å². The number of likely N-dealkylation sites (tertiary alicyclic amines) is 1. The second-order valence-electron chi connectivity index (χ2n) is 6.10. The lowest BCUT2D eigenvalue weighted by Crippen LogP contribution is -2.60. The van der Waals surface area contributed by atoms with Crippen molar-refractivity contribution < 1.29 is 9.53 Å². The predicted molar refractivity (Wildman–Crippen MR) is 75.3 cm³/mol. The summed E-state index contributed by atoms with van der Waals surface area (Å²) in [6, 6.07) is 0.486. The monoisotopic (exact) mass is 269 g/mol. The normalized spacial score (nSPS) is 28.2. The van der Waals surface area contributed by atoms with E-state index in [-0.39, 0.29) is 11.6 Å². The minimum atomic E-state index is -0.160. The Morgan fingerprint density at radius 3 is 2.68 bits per heavy atom. The maximum Gasteiger partial charge on any atom is 0.410 e. The molecular formula is C14H27N3O2. The van der Waals surface area contributed by atoms with Crippen LogP contribution in [0.2, 0.25) is 0 Å². The van der Waals surface area contributed by atoms with Crippen LogP contribution in [0.25, 0.3) is 0 Å². The van der Waals surface area contributed by atoms with E-state index in [0.29, 0.717) is 12.6 Å². The number of ether oxygens (including phenoxy) is 1. The van der Waals surface area contributed by atoms with Gasteiger partial charge in [-0.25, -0.2) is 4.79 Å². The summed E-state index contributed by atoms with van der Waals surface area (Å²) in [7, 11) is 0. The molecule has 0 radical (unpaired) electrons. The zero-order valence-electron chi connectivity index (χ0n) is 12.4. The van der Waals surface area contributed by atoms with Crippen LogP contribution in [-0.2, 0) is 4.74 Å². The van der Waals surface area contributed by atoms with Crippen LogP contribution >= 0.6 is 0 Å². The molecule has 2 heterocycles. The first-order chi connectivity index (χ1) is 9.04. The van der Waals surface area contributed by atoms with Crippen LogP contribution in [0.5, 0.6) is 0 Å². The van der Waals surface area contributed by atoms with Gasteiger partial charge in [-0.1, -0.05) is 0 Å². The van der Waals surface area contributed by atoms with Crippen LogP contribution in [0, 0.1) is 0 Å². The Morgan fingerprint density at radius 1 is 1.37 bits per heavy atom. The molecule has 0 aromatic rings. The Balaban J connectivity index is 2.00. The molecular weight excluding hydrogens is 242 g/mol. The van der Waals surface area contributed by atoms with Crippen molar-refractivity contribution in [1.29, 1.82) is 0 Å². The van der Waals surface area contributed by atoms with Gasteiger partial charge in [0.25, 0.3) is 0 Å². The van der Waals surface area contributed by atoms with Gasteiger partial charge in [0.1, 0.15) is 0 Å². The molecule has 0 spiro atoms. The molecule has 1 N–H and O–H groups in total. The van der Waals surface area contributed by atoms with Gasteiger partial charge in [-0.2, -0.15) is 0 Å². The number of piperazine rings is 1. The Kier molecular flexibility index (Phi) is 4.68. The molecule has 0 aliphatic carbocycles. The van der Waals surface area contributed by atoms with E-state index in [0.717, 1.165) is 39.1 Å². The lowest BCUT2D eigenvalue weighted by Gasteiger charge is -2.48. The molecule has 19 heavy (non-hydrogen) atoms. The van der Waals surface area contributed by atoms with Gasteiger partial charge in [-0.15, -0.1) is 0 Å². The van der Waals surface area contributed by atoms with E-state index in [2.05, 4.69) is 24.1 Å². The summed E-state index contributed by atoms with van der Waals surface area (Å²) in [5.41, 5.74) is -0.0865. The molecule has 0 aromatic heterocycles. The van der Waals surface area contributed by atoms with E-state index >= 15 is 0 Å². The van der Waals surface area contributed by atoms with Gasteiger partial charge in [0.2, 0.25) is 0 Å². The van der Waals surface area contributed by atoms with Crippen molar-refractivity contribution in [2.45, 2.75) is 45.2 Å². The Morgan fingerprint density at radius 2 is 2.05 bits per heavy atom. The van der Waals surface area contributed by atoms with Gasteiger partial charge < -0.3 is 15.0 Å². The molecule has 2 aliphatic heterocycles. The number of amides is 1. The maximum atomic E-state index is 12.1. The highest BCUT2D eigenvalue weighted by Crippen LogP contribution is 2.30. The number of carbonyl (C=O) groups excluding carboxylic acids is 1. The van der Waals surface area contributed by atoms with Gasteiger partial charge >= 0.3 is 6.09 Å². The van der Waals surface area contributed by atoms with E-state index < -0.39 is 0 Å². The van der Waals surface area contributed by atoms with E-state index in [9.17, 15) is 4.79 Å². The van der Waals surface area contributed by atoms with Crippen molar-refractivity contribution in [3.8, 4) is 0 Å². The first-order valence-corrected chi connectivity index (χ1v) is 7.44. The molecule has 1 amide bonds. The largest absolute Gasteiger partial charge is 0.450 e. The van der Waals surface area contributed by atoms with Crippen LogP contribution in [0.1, 0.15) is 33.6 Å². The summed E-state index contributed by atoms with van der Waals surface area (Å²) in [4.78, 5) is 16.6. The first kappa shape index (κ1) is 14.6. The van der Waals surface area contributed by atoms with Gasteiger partial charge in [0.05, 0.1) is 6.61 Å². The molecule has 1 atom stereocenters. The van der Waals surface area contributed by atoms with Crippen molar-refractivity contribution in [1.82, 2.24) is 15.1 Å². The zero-order valence-corrected chi connectivity index (χ0v) is 12.4. The Labute approximate surface area is 116 Å². The van der Waals surface area contributed by atoms with Crippen LogP contribution < -0.4 is 5.32 Å². The third kappa shape index (κ3) is 3.39. The first-order valence-electron chi connectivity index (χ1n) is 7.44. The van der Waals surface area contributed by atoms with Crippen molar-refractivity contribution >= 4 is 6.09 Å². The molecule has 0 aromatic carbocycles. The molecule has 0 bridgehead atoms. The van der Waals surface area contributed by atoms with Crippen molar-refractivity contribution in [2.75, 3.05) is 39.3 Å². The summed E-state index contributed by atoms with van der Waals surface area (Å²) in [6.07, 6.45) is 2.05. The highest BCUT2D eigenvalue weighted by atomic mass is 16.6. The van der Waals surface area contributed by atoms with Crippen LogP contribution in [-0.4, -0.2) is 66.8 Å². The molecule has 2 saturated heterocycles. The number of hydrogen-bond donors (Lipinski definition) is 1. The number of rotatable bonds is 2. The summed E-state index contributed by atoms with van der Waals surface area (Å²) in [5, 5.41) is 3.38. The number of hydrogen-bond acceptors (Lipinski definition) is 4. The highest BCUT2D eigenvalue weighted by molar-refractivity contribution is 5.68. The minimum Gasteiger partial charge on any atom is -0.450 e. The fourth-order valence-corrected chi connectivity index (χ4v) is 3.07. The van der Waals surface area contributed by atoms with Crippen molar-refractivity contribution in [3.63, 3.8) is 0 Å². The standard InChI is InChI=1S/C14H27N3O2/c1-4-19-13(18)17-11-12(5-6-14(17,2)3)16-9-7-15-8-10-16/h12,15H,4-11H2,1-3H3. The molecule has 2 rings (SSSR count). The highest BCUT2D eigenvalue weighted by Gasteiger charge is 2.39. The average molecular weight is 269 g/mol. The predicted octanol–water partition coefficient (Wildman–Crippen LogP) is 1.29. The van der Waals surface area contributed by atoms with E-state index in [1.807, 2.05) is 11.8 Å². The number of nitrogens with one attached hydrogen (secondary N) is 1. The zero-order chi connectivity index (χ0) is 13.9. The van der Waals surface area contributed by atoms with Crippen molar-refractivity contribution in [2.24, 2.45) is 0 Å². The number of piperidine rings is 1. The van der Waals surface area contributed by atoms with E-state index in [4.69, 9.17) is 4.74 Å². The summed E-state index contributed by atoms with van der Waals surface area (Å²) in [5.74, 6) is 0. The lowest BCUT2D eigenvalue weighted by atomic mass is 9.87. The van der Waals surface area contributed by atoms with Crippen LogP contribution in [0.4, 0.5) is 4.79 Å². The van der Waals surface area contributed by atoms with Gasteiger partial charge in [0.15, 0.2) is 0 Å². The van der Waals surface area contributed by atoms with Gasteiger partial charge in [-0.05, 0) is 33.6 Å². The summed E-state index contributed by atoms with van der Waals surface area (Å²) < 4.78 is 5.21. The van der Waals surface area contributed by atoms with E-state index in [1.165, 1.54) is 6.42 Å². The van der Waals surface area contributed by atoms with Gasteiger partial charge in [-0.3, -0.25) is 4.90 Å². The summed E-state index contributed by atoms with van der Waals surface area (Å²) >= 11 is 0. The second-order valence-corrected chi connectivity index (χ2v) is 6.10. The molecule has 1 unspecified atom stereocenters. The topological polar surface area (TPSA) is 44.8 Å². The smallest absolute Gasteiger partial charge is 0.410 e. The third-order valence-electron chi connectivity index (χ3n) is 4.37. The lowest BCUT2D eigenvalue weighted by molar-refractivity contribution is 0.00732. The maximum absolute atomic E-state index is 12.1. The summed E-state index contributed by atoms with van der Waals surface area (Å²) in [6.45, 7) is 11.7. The number of nitrogens with zero attached hydrogens (tertiary/aromatic N) is 2. The molecule has 2 aliphatic rings. The fourth-order valence-electron chi connectivity index (χ4n) is 3.07. The fraction of sp³-hybridized carbons (Fsp3) is 0.929.